The van der Waals surface area contributed by atoms with Gasteiger partial charge in [0, 0.05) is 30.6 Å². The number of urea groups is 1. The van der Waals surface area contributed by atoms with Gasteiger partial charge in [-0.2, -0.15) is 0 Å². The fraction of sp³-hybridized carbons (Fsp3) is 0.600. The Balaban J connectivity index is 1.52. The highest BCUT2D eigenvalue weighted by molar-refractivity contribution is 7.10. The van der Waals surface area contributed by atoms with E-state index in [-0.39, 0.29) is 11.9 Å². The van der Waals surface area contributed by atoms with Crippen molar-refractivity contribution in [3.05, 3.63) is 21.9 Å². The number of hydrogen-bond donors (Lipinski definition) is 1. The van der Waals surface area contributed by atoms with Gasteiger partial charge in [-0.1, -0.05) is 0 Å². The molecule has 0 aromatic carbocycles. The quantitative estimate of drug-likeness (QED) is 0.923. The second-order valence-corrected chi connectivity index (χ2v) is 7.08. The SMILES string of the molecule is O=C(CN1CCc2sccc2[C@@H]1C1CC1)N1CCNC1=O. The van der Waals surface area contributed by atoms with Gasteiger partial charge < -0.3 is 5.32 Å². The van der Waals surface area contributed by atoms with E-state index >= 15 is 0 Å². The highest BCUT2D eigenvalue weighted by Crippen LogP contribution is 2.48. The summed E-state index contributed by atoms with van der Waals surface area (Å²) in [5, 5.41) is 4.86. The Labute approximate surface area is 127 Å². The van der Waals surface area contributed by atoms with E-state index in [0.717, 1.165) is 13.0 Å². The van der Waals surface area contributed by atoms with Crippen LogP contribution in [0.3, 0.4) is 0 Å². The van der Waals surface area contributed by atoms with Gasteiger partial charge in [0.15, 0.2) is 0 Å². The first kappa shape index (κ1) is 13.3. The van der Waals surface area contributed by atoms with Gasteiger partial charge in [0.05, 0.1) is 6.54 Å². The van der Waals surface area contributed by atoms with Crippen LogP contribution in [0.4, 0.5) is 4.79 Å². The molecule has 1 saturated heterocycles. The number of thiophene rings is 1. The molecule has 3 amide bonds. The number of nitrogens with one attached hydrogen (secondary N) is 1. The Morgan fingerprint density at radius 3 is 2.95 bits per heavy atom. The number of nitrogens with zero attached hydrogens (tertiary/aromatic N) is 2. The van der Waals surface area contributed by atoms with E-state index < -0.39 is 0 Å². The molecule has 1 aliphatic carbocycles. The fourth-order valence-electron chi connectivity index (χ4n) is 3.51. The molecule has 1 atom stereocenters. The summed E-state index contributed by atoms with van der Waals surface area (Å²) in [7, 11) is 0. The predicted molar refractivity (Wildman–Crippen MR) is 80.2 cm³/mol. The van der Waals surface area contributed by atoms with Gasteiger partial charge in [-0.3, -0.25) is 14.6 Å². The van der Waals surface area contributed by atoms with Crippen LogP contribution in [0.25, 0.3) is 0 Å². The lowest BCUT2D eigenvalue weighted by Crippen LogP contribution is -2.45. The van der Waals surface area contributed by atoms with Gasteiger partial charge in [-0.05, 0) is 42.2 Å². The number of amides is 3. The van der Waals surface area contributed by atoms with E-state index in [1.54, 1.807) is 0 Å². The molecule has 1 N–H and O–H groups in total. The minimum absolute atomic E-state index is 0.0608. The van der Waals surface area contributed by atoms with Crippen molar-refractivity contribution in [2.75, 3.05) is 26.2 Å². The first-order valence-electron chi connectivity index (χ1n) is 7.62. The third-order valence-electron chi connectivity index (χ3n) is 4.68. The molecule has 1 saturated carbocycles. The summed E-state index contributed by atoms with van der Waals surface area (Å²) in [6.07, 6.45) is 3.54. The van der Waals surface area contributed by atoms with Gasteiger partial charge in [-0.15, -0.1) is 11.3 Å². The largest absolute Gasteiger partial charge is 0.336 e. The Morgan fingerprint density at radius 1 is 1.38 bits per heavy atom. The van der Waals surface area contributed by atoms with Crippen LogP contribution in [0.15, 0.2) is 11.4 Å². The maximum atomic E-state index is 12.4. The molecule has 1 aromatic rings. The molecule has 2 fully saturated rings. The van der Waals surface area contributed by atoms with E-state index in [1.165, 1.54) is 28.2 Å². The van der Waals surface area contributed by atoms with Crippen LogP contribution < -0.4 is 5.32 Å². The first-order chi connectivity index (χ1) is 10.2. The van der Waals surface area contributed by atoms with Crippen molar-refractivity contribution >= 4 is 23.3 Å². The van der Waals surface area contributed by atoms with Gasteiger partial charge in [0.25, 0.3) is 0 Å². The van der Waals surface area contributed by atoms with E-state index in [2.05, 4.69) is 21.7 Å². The van der Waals surface area contributed by atoms with Crippen molar-refractivity contribution in [2.45, 2.75) is 25.3 Å². The molecule has 0 radical (unpaired) electrons. The van der Waals surface area contributed by atoms with Gasteiger partial charge in [-0.25, -0.2) is 4.79 Å². The maximum absolute atomic E-state index is 12.4. The zero-order valence-corrected chi connectivity index (χ0v) is 12.7. The summed E-state index contributed by atoms with van der Waals surface area (Å²) >= 11 is 1.83. The Morgan fingerprint density at radius 2 is 2.24 bits per heavy atom. The average Bonchev–Trinajstić information content (AvgIpc) is 3.02. The van der Waals surface area contributed by atoms with Crippen LogP contribution in [-0.4, -0.2) is 47.9 Å². The van der Waals surface area contributed by atoms with Gasteiger partial charge in [0.2, 0.25) is 5.91 Å². The molecule has 4 rings (SSSR count). The number of hydrogen-bond acceptors (Lipinski definition) is 4. The fourth-order valence-corrected chi connectivity index (χ4v) is 4.42. The number of rotatable bonds is 3. The standard InChI is InChI=1S/C15H19N3O2S/c19-13(18-7-5-16-15(18)20)9-17-6-3-12-11(4-8-21-12)14(17)10-1-2-10/h4,8,10,14H,1-3,5-7,9H2,(H,16,20)/t14-/m0/s1. The number of carbonyl (C=O) groups excluding carboxylic acids is 2. The smallest absolute Gasteiger partial charge is 0.324 e. The molecule has 3 aliphatic rings. The molecule has 5 nitrogen and oxygen atoms in total. The van der Waals surface area contributed by atoms with E-state index in [1.807, 2.05) is 11.3 Å². The van der Waals surface area contributed by atoms with Crippen LogP contribution in [0, 0.1) is 5.92 Å². The molecule has 0 spiro atoms. The second-order valence-electron chi connectivity index (χ2n) is 6.08. The molecule has 112 valence electrons. The Kier molecular flexibility index (Phi) is 3.23. The minimum atomic E-state index is -0.240. The van der Waals surface area contributed by atoms with E-state index in [4.69, 9.17) is 0 Å². The monoisotopic (exact) mass is 305 g/mol. The molecule has 21 heavy (non-hydrogen) atoms. The van der Waals surface area contributed by atoms with Crippen molar-refractivity contribution in [3.63, 3.8) is 0 Å². The molecular weight excluding hydrogens is 286 g/mol. The van der Waals surface area contributed by atoms with Crippen LogP contribution in [-0.2, 0) is 11.2 Å². The van der Waals surface area contributed by atoms with Crippen LogP contribution >= 0.6 is 11.3 Å². The lowest BCUT2D eigenvalue weighted by atomic mass is 9.96. The van der Waals surface area contributed by atoms with Crippen molar-refractivity contribution in [1.29, 1.82) is 0 Å². The van der Waals surface area contributed by atoms with E-state index in [9.17, 15) is 9.59 Å². The summed E-state index contributed by atoms with van der Waals surface area (Å²) in [5.41, 5.74) is 1.42. The van der Waals surface area contributed by atoms with Gasteiger partial charge >= 0.3 is 6.03 Å². The molecule has 0 bridgehead atoms. The van der Waals surface area contributed by atoms with Crippen LogP contribution in [0.2, 0.25) is 0 Å². The topological polar surface area (TPSA) is 52.7 Å². The summed E-state index contributed by atoms with van der Waals surface area (Å²) < 4.78 is 0. The summed E-state index contributed by atoms with van der Waals surface area (Å²) in [6.45, 7) is 2.37. The zero-order chi connectivity index (χ0) is 14.4. The molecule has 2 aliphatic heterocycles. The Hall–Kier alpha value is -1.40. The number of fused-ring (bicyclic) bond motifs is 1. The van der Waals surface area contributed by atoms with Crippen LogP contribution in [0.5, 0.6) is 0 Å². The Bertz CT molecular complexity index is 581. The molecule has 6 heteroatoms. The lowest BCUT2D eigenvalue weighted by Gasteiger charge is -2.36. The number of imide groups is 1. The summed E-state index contributed by atoms with van der Waals surface area (Å²) in [6, 6.07) is 2.37. The first-order valence-corrected chi connectivity index (χ1v) is 8.50. The van der Waals surface area contributed by atoms with Crippen molar-refractivity contribution < 1.29 is 9.59 Å². The zero-order valence-electron chi connectivity index (χ0n) is 11.9. The molecular formula is C15H19N3O2S. The maximum Gasteiger partial charge on any atom is 0.324 e. The minimum Gasteiger partial charge on any atom is -0.336 e. The van der Waals surface area contributed by atoms with Crippen molar-refractivity contribution in [2.24, 2.45) is 5.92 Å². The van der Waals surface area contributed by atoms with Crippen molar-refractivity contribution in [3.8, 4) is 0 Å². The normalized spacial score (nSPS) is 25.8. The lowest BCUT2D eigenvalue weighted by molar-refractivity contribution is -0.129. The highest BCUT2D eigenvalue weighted by Gasteiger charge is 2.41. The van der Waals surface area contributed by atoms with Crippen LogP contribution in [0.1, 0.15) is 29.3 Å². The molecule has 0 unspecified atom stereocenters. The van der Waals surface area contributed by atoms with E-state index in [0.29, 0.717) is 31.6 Å². The predicted octanol–water partition coefficient (Wildman–Crippen LogP) is 1.61. The second kappa shape index (κ2) is 5.10. The summed E-state index contributed by atoms with van der Waals surface area (Å²) in [4.78, 5) is 29.1. The number of carbonyl (C=O) groups is 2. The third-order valence-corrected chi connectivity index (χ3v) is 5.68. The third kappa shape index (κ3) is 2.36. The average molecular weight is 305 g/mol. The molecule has 1 aromatic heterocycles. The summed E-state index contributed by atoms with van der Waals surface area (Å²) in [5.74, 6) is 0.633. The molecule has 3 heterocycles. The van der Waals surface area contributed by atoms with Crippen molar-refractivity contribution in [1.82, 2.24) is 15.1 Å². The van der Waals surface area contributed by atoms with Gasteiger partial charge in [0.1, 0.15) is 0 Å². The highest BCUT2D eigenvalue weighted by atomic mass is 32.1.